The van der Waals surface area contributed by atoms with Gasteiger partial charge >= 0.3 is 0 Å². The second-order valence-electron chi connectivity index (χ2n) is 7.02. The standard InChI is InChI=1S/C25H22N2O2/c1-2-17-15-23(28)27-22-16-20(13-14-21(17)22)26-25(29)24(18-9-5-3-6-10-18)19-11-7-4-8-12-19/h3-16,24H,2H2,1H3,(H,26,29)(H,27,28). The van der Waals surface area contributed by atoms with Crippen molar-refractivity contribution in [2.75, 3.05) is 5.32 Å². The molecule has 4 heteroatoms. The van der Waals surface area contributed by atoms with Crippen LogP contribution in [0.25, 0.3) is 10.9 Å². The first-order valence-electron chi connectivity index (χ1n) is 9.72. The van der Waals surface area contributed by atoms with Gasteiger partial charge in [0.05, 0.1) is 11.4 Å². The summed E-state index contributed by atoms with van der Waals surface area (Å²) in [6, 6.07) is 26.7. The first-order valence-corrected chi connectivity index (χ1v) is 9.72. The number of pyridine rings is 1. The summed E-state index contributed by atoms with van der Waals surface area (Å²) in [5.41, 5.74) is 4.10. The number of aryl methyl sites for hydroxylation is 1. The molecule has 0 saturated heterocycles. The van der Waals surface area contributed by atoms with Crippen LogP contribution in [0.2, 0.25) is 0 Å². The molecule has 0 radical (unpaired) electrons. The molecule has 0 aliphatic rings. The Morgan fingerprint density at radius 3 is 2.10 bits per heavy atom. The number of fused-ring (bicyclic) bond motifs is 1. The highest BCUT2D eigenvalue weighted by Gasteiger charge is 2.22. The van der Waals surface area contributed by atoms with E-state index in [1.165, 1.54) is 0 Å². The lowest BCUT2D eigenvalue weighted by Crippen LogP contribution is -2.22. The van der Waals surface area contributed by atoms with Crippen LogP contribution in [-0.2, 0) is 11.2 Å². The van der Waals surface area contributed by atoms with Crippen molar-refractivity contribution >= 4 is 22.5 Å². The van der Waals surface area contributed by atoms with Crippen molar-refractivity contribution in [3.8, 4) is 0 Å². The highest BCUT2D eigenvalue weighted by atomic mass is 16.2. The molecule has 4 nitrogen and oxygen atoms in total. The molecule has 0 aliphatic heterocycles. The second kappa shape index (κ2) is 8.15. The quantitative estimate of drug-likeness (QED) is 0.518. The largest absolute Gasteiger partial charge is 0.325 e. The number of amides is 1. The molecule has 1 amide bonds. The Labute approximate surface area is 169 Å². The summed E-state index contributed by atoms with van der Waals surface area (Å²) in [6.07, 6.45) is 0.774. The molecule has 144 valence electrons. The number of rotatable bonds is 5. The molecule has 2 N–H and O–H groups in total. The van der Waals surface area contributed by atoms with Crippen LogP contribution in [0.5, 0.6) is 0 Å². The van der Waals surface area contributed by atoms with Gasteiger partial charge in [-0.3, -0.25) is 9.59 Å². The highest BCUT2D eigenvalue weighted by Crippen LogP contribution is 2.27. The van der Waals surface area contributed by atoms with E-state index in [1.807, 2.05) is 85.8 Å². The van der Waals surface area contributed by atoms with Gasteiger partial charge in [0.2, 0.25) is 11.5 Å². The van der Waals surface area contributed by atoms with E-state index >= 15 is 0 Å². The van der Waals surface area contributed by atoms with E-state index in [-0.39, 0.29) is 11.5 Å². The Morgan fingerprint density at radius 2 is 1.52 bits per heavy atom. The average Bonchev–Trinajstić information content (AvgIpc) is 2.74. The number of aromatic amines is 1. The number of hydrogen-bond acceptors (Lipinski definition) is 2. The van der Waals surface area contributed by atoms with Crippen molar-refractivity contribution in [3.05, 3.63) is 112 Å². The minimum atomic E-state index is -0.422. The predicted molar refractivity (Wildman–Crippen MR) is 117 cm³/mol. The van der Waals surface area contributed by atoms with Gasteiger partial charge in [0, 0.05) is 17.1 Å². The Balaban J connectivity index is 1.70. The Morgan fingerprint density at radius 1 is 0.897 bits per heavy atom. The zero-order valence-electron chi connectivity index (χ0n) is 16.2. The van der Waals surface area contributed by atoms with Crippen LogP contribution < -0.4 is 10.9 Å². The summed E-state index contributed by atoms with van der Waals surface area (Å²) < 4.78 is 0. The van der Waals surface area contributed by atoms with Gasteiger partial charge in [-0.05, 0) is 35.2 Å². The number of H-pyrrole nitrogens is 1. The molecular formula is C25H22N2O2. The molecule has 0 unspecified atom stereocenters. The maximum atomic E-state index is 13.3. The second-order valence-corrected chi connectivity index (χ2v) is 7.02. The molecular weight excluding hydrogens is 360 g/mol. The molecule has 1 aromatic heterocycles. The van der Waals surface area contributed by atoms with Gasteiger partial charge in [0.1, 0.15) is 0 Å². The summed E-state index contributed by atoms with van der Waals surface area (Å²) in [5, 5.41) is 4.02. The van der Waals surface area contributed by atoms with Crippen molar-refractivity contribution in [1.29, 1.82) is 0 Å². The zero-order valence-corrected chi connectivity index (χ0v) is 16.2. The van der Waals surface area contributed by atoms with Crippen LogP contribution in [0.4, 0.5) is 5.69 Å². The Bertz CT molecular complexity index is 1160. The number of benzene rings is 3. The van der Waals surface area contributed by atoms with Crippen LogP contribution in [0.15, 0.2) is 89.7 Å². The molecule has 0 fully saturated rings. The minimum absolute atomic E-state index is 0.115. The van der Waals surface area contributed by atoms with E-state index in [9.17, 15) is 9.59 Å². The summed E-state index contributed by atoms with van der Waals surface area (Å²) in [5.74, 6) is -0.537. The lowest BCUT2D eigenvalue weighted by molar-refractivity contribution is -0.116. The van der Waals surface area contributed by atoms with Gasteiger partial charge in [0.15, 0.2) is 0 Å². The molecule has 0 spiro atoms. The number of hydrogen-bond donors (Lipinski definition) is 2. The fraction of sp³-hybridized carbons (Fsp3) is 0.120. The molecule has 3 aromatic carbocycles. The molecule has 4 rings (SSSR count). The normalized spacial score (nSPS) is 11.0. The molecule has 0 atom stereocenters. The number of aromatic nitrogens is 1. The third kappa shape index (κ3) is 3.97. The van der Waals surface area contributed by atoms with Gasteiger partial charge in [-0.1, -0.05) is 73.7 Å². The maximum Gasteiger partial charge on any atom is 0.248 e. The third-order valence-electron chi connectivity index (χ3n) is 5.11. The molecule has 29 heavy (non-hydrogen) atoms. The topological polar surface area (TPSA) is 62.0 Å². The van der Waals surface area contributed by atoms with Gasteiger partial charge in [-0.2, -0.15) is 0 Å². The predicted octanol–water partition coefficient (Wildman–Crippen LogP) is 4.86. The van der Waals surface area contributed by atoms with Gasteiger partial charge in [0.25, 0.3) is 0 Å². The van der Waals surface area contributed by atoms with Gasteiger partial charge < -0.3 is 10.3 Å². The average molecular weight is 382 g/mol. The number of carbonyl (C=O) groups excluding carboxylic acids is 1. The summed E-state index contributed by atoms with van der Waals surface area (Å²) in [4.78, 5) is 28.1. The molecule has 0 bridgehead atoms. The van der Waals surface area contributed by atoms with E-state index in [0.29, 0.717) is 5.69 Å². The van der Waals surface area contributed by atoms with Crippen LogP contribution in [-0.4, -0.2) is 10.9 Å². The van der Waals surface area contributed by atoms with E-state index in [1.54, 1.807) is 6.07 Å². The highest BCUT2D eigenvalue weighted by molar-refractivity contribution is 5.99. The molecule has 0 aliphatic carbocycles. The molecule has 4 aromatic rings. The summed E-state index contributed by atoms with van der Waals surface area (Å²) >= 11 is 0. The van der Waals surface area contributed by atoms with E-state index in [4.69, 9.17) is 0 Å². The van der Waals surface area contributed by atoms with Gasteiger partial charge in [-0.15, -0.1) is 0 Å². The van der Waals surface area contributed by atoms with Crippen LogP contribution in [0.1, 0.15) is 29.5 Å². The Kier molecular flexibility index (Phi) is 5.25. The summed E-state index contributed by atoms with van der Waals surface area (Å²) in [6.45, 7) is 2.02. The van der Waals surface area contributed by atoms with Crippen molar-refractivity contribution < 1.29 is 4.79 Å². The lowest BCUT2D eigenvalue weighted by Gasteiger charge is -2.18. The minimum Gasteiger partial charge on any atom is -0.325 e. The number of anilines is 1. The van der Waals surface area contributed by atoms with Crippen LogP contribution in [0.3, 0.4) is 0 Å². The number of carbonyl (C=O) groups is 1. The van der Waals surface area contributed by atoms with Crippen molar-refractivity contribution in [3.63, 3.8) is 0 Å². The Hall–Kier alpha value is -3.66. The fourth-order valence-corrected chi connectivity index (χ4v) is 3.70. The number of nitrogens with one attached hydrogen (secondary N) is 2. The molecule has 0 saturated carbocycles. The van der Waals surface area contributed by atoms with E-state index in [2.05, 4.69) is 10.3 Å². The monoisotopic (exact) mass is 382 g/mol. The van der Waals surface area contributed by atoms with E-state index in [0.717, 1.165) is 34.0 Å². The maximum absolute atomic E-state index is 13.3. The van der Waals surface area contributed by atoms with Gasteiger partial charge in [-0.25, -0.2) is 0 Å². The fourth-order valence-electron chi connectivity index (χ4n) is 3.70. The smallest absolute Gasteiger partial charge is 0.248 e. The SMILES string of the molecule is CCc1cc(=O)[nH]c2cc(NC(=O)C(c3ccccc3)c3ccccc3)ccc12. The molecule has 1 heterocycles. The van der Waals surface area contributed by atoms with Crippen molar-refractivity contribution in [1.82, 2.24) is 4.98 Å². The first kappa shape index (κ1) is 18.7. The van der Waals surface area contributed by atoms with Crippen molar-refractivity contribution in [2.45, 2.75) is 19.3 Å². The van der Waals surface area contributed by atoms with Crippen LogP contribution >= 0.6 is 0 Å². The van der Waals surface area contributed by atoms with Crippen LogP contribution in [0, 0.1) is 0 Å². The first-order chi connectivity index (χ1) is 14.2. The lowest BCUT2D eigenvalue weighted by atomic mass is 9.90. The van der Waals surface area contributed by atoms with E-state index < -0.39 is 5.92 Å². The van der Waals surface area contributed by atoms with Crippen molar-refractivity contribution in [2.24, 2.45) is 0 Å². The summed E-state index contributed by atoms with van der Waals surface area (Å²) in [7, 11) is 0. The zero-order chi connectivity index (χ0) is 20.2. The third-order valence-corrected chi connectivity index (χ3v) is 5.11.